The van der Waals surface area contributed by atoms with Crippen molar-refractivity contribution in [2.24, 2.45) is 0 Å². The van der Waals surface area contributed by atoms with E-state index in [2.05, 4.69) is 4.90 Å². The molecule has 8 nitrogen and oxygen atoms in total. The number of hydrogen-bond acceptors (Lipinski definition) is 7. The number of aromatic nitrogens is 1. The van der Waals surface area contributed by atoms with E-state index < -0.39 is 4.92 Å². The molecule has 10 heteroatoms. The van der Waals surface area contributed by atoms with E-state index in [9.17, 15) is 14.9 Å². The number of nitro groups is 1. The lowest BCUT2D eigenvalue weighted by Gasteiger charge is -2.27. The maximum Gasteiger partial charge on any atom is 0.270 e. The third-order valence-corrected chi connectivity index (χ3v) is 7.27. The summed E-state index contributed by atoms with van der Waals surface area (Å²) < 4.78 is 6.40. The first-order valence-electron chi connectivity index (χ1n) is 10.8. The molecule has 1 aliphatic heterocycles. The van der Waals surface area contributed by atoms with E-state index in [1.807, 2.05) is 26.0 Å². The number of nitrogens with zero attached hydrogens (tertiary/aromatic N) is 4. The highest BCUT2D eigenvalue weighted by Crippen LogP contribution is 2.34. The molecule has 33 heavy (non-hydrogen) atoms. The summed E-state index contributed by atoms with van der Waals surface area (Å²) >= 11 is 7.74. The number of non-ortho nitro benzene ring substituents is 1. The average Bonchev–Trinajstić information content (AvgIpc) is 3.24. The van der Waals surface area contributed by atoms with Crippen LogP contribution in [0.2, 0.25) is 5.02 Å². The number of morpholine rings is 1. The zero-order valence-corrected chi connectivity index (χ0v) is 20.1. The molecule has 1 fully saturated rings. The van der Waals surface area contributed by atoms with E-state index in [0.717, 1.165) is 47.4 Å². The summed E-state index contributed by atoms with van der Waals surface area (Å²) in [5.74, 6) is -0.390. The molecule has 0 N–H and O–H groups in total. The molecule has 4 rings (SSSR count). The number of benzene rings is 2. The Labute approximate surface area is 200 Å². The van der Waals surface area contributed by atoms with Crippen molar-refractivity contribution in [1.82, 2.24) is 9.88 Å². The van der Waals surface area contributed by atoms with E-state index in [1.165, 1.54) is 29.5 Å². The third-order valence-electron chi connectivity index (χ3n) is 5.90. The molecule has 1 amide bonds. The number of carbonyl (C=O) groups is 1. The normalized spacial score (nSPS) is 14.5. The number of fused-ring (bicyclic) bond motifs is 1. The summed E-state index contributed by atoms with van der Waals surface area (Å²) in [4.78, 5) is 33.0. The van der Waals surface area contributed by atoms with Crippen LogP contribution in [-0.4, -0.2) is 60.1 Å². The van der Waals surface area contributed by atoms with E-state index in [-0.39, 0.29) is 22.2 Å². The molecule has 0 saturated carbocycles. The monoisotopic (exact) mass is 488 g/mol. The van der Waals surface area contributed by atoms with Crippen LogP contribution in [0.15, 0.2) is 30.3 Å². The smallest absolute Gasteiger partial charge is 0.270 e. The first-order valence-corrected chi connectivity index (χ1v) is 12.0. The van der Waals surface area contributed by atoms with Crippen LogP contribution in [0, 0.1) is 24.0 Å². The maximum atomic E-state index is 13.6. The van der Waals surface area contributed by atoms with E-state index >= 15 is 0 Å². The van der Waals surface area contributed by atoms with Crippen LogP contribution in [0.5, 0.6) is 0 Å². The van der Waals surface area contributed by atoms with Gasteiger partial charge in [-0.15, -0.1) is 0 Å². The largest absolute Gasteiger partial charge is 0.379 e. The Morgan fingerprint density at radius 3 is 2.76 bits per heavy atom. The van der Waals surface area contributed by atoms with Gasteiger partial charge in [0.1, 0.15) is 0 Å². The van der Waals surface area contributed by atoms with Gasteiger partial charge in [0.2, 0.25) is 0 Å². The molecule has 0 bridgehead atoms. The Balaban J connectivity index is 1.66. The second-order valence-electron chi connectivity index (χ2n) is 8.04. The summed E-state index contributed by atoms with van der Waals surface area (Å²) in [6.45, 7) is 8.44. The van der Waals surface area contributed by atoms with Crippen molar-refractivity contribution in [3.8, 4) is 0 Å². The number of aryl methyl sites for hydroxylation is 2. The minimum atomic E-state index is -0.528. The Morgan fingerprint density at radius 1 is 1.27 bits per heavy atom. The number of anilines is 1. The highest BCUT2D eigenvalue weighted by molar-refractivity contribution is 7.22. The first-order chi connectivity index (χ1) is 15.8. The first kappa shape index (κ1) is 23.6. The van der Waals surface area contributed by atoms with Crippen LogP contribution >= 0.6 is 22.9 Å². The zero-order valence-electron chi connectivity index (χ0n) is 18.5. The van der Waals surface area contributed by atoms with Gasteiger partial charge in [0.25, 0.3) is 11.6 Å². The fourth-order valence-corrected chi connectivity index (χ4v) is 5.08. The van der Waals surface area contributed by atoms with Crippen molar-refractivity contribution in [3.63, 3.8) is 0 Å². The highest BCUT2D eigenvalue weighted by atomic mass is 35.5. The van der Waals surface area contributed by atoms with Gasteiger partial charge in [-0.05, 0) is 43.5 Å². The summed E-state index contributed by atoms with van der Waals surface area (Å²) in [6, 6.07) is 7.98. The molecule has 174 valence electrons. The van der Waals surface area contributed by atoms with Crippen LogP contribution in [-0.2, 0) is 4.74 Å². The highest BCUT2D eigenvalue weighted by Gasteiger charge is 2.26. The Kier molecular flexibility index (Phi) is 7.23. The van der Waals surface area contributed by atoms with E-state index in [1.54, 1.807) is 4.90 Å². The molecule has 0 spiro atoms. The van der Waals surface area contributed by atoms with Crippen molar-refractivity contribution < 1.29 is 14.5 Å². The molecule has 0 unspecified atom stereocenters. The number of thiazole rings is 1. The summed E-state index contributed by atoms with van der Waals surface area (Å²) in [5, 5.41) is 12.0. The Hall–Kier alpha value is -2.59. The second-order valence-corrected chi connectivity index (χ2v) is 9.45. The lowest BCUT2D eigenvalue weighted by molar-refractivity contribution is -0.384. The Bertz CT molecular complexity index is 1190. The number of hydrogen-bond donors (Lipinski definition) is 0. The van der Waals surface area contributed by atoms with Crippen LogP contribution in [0.4, 0.5) is 10.8 Å². The predicted molar refractivity (Wildman–Crippen MR) is 131 cm³/mol. The van der Waals surface area contributed by atoms with Crippen molar-refractivity contribution in [2.75, 3.05) is 44.3 Å². The van der Waals surface area contributed by atoms with Gasteiger partial charge >= 0.3 is 0 Å². The van der Waals surface area contributed by atoms with Gasteiger partial charge in [0, 0.05) is 38.3 Å². The second kappa shape index (κ2) is 10.1. The van der Waals surface area contributed by atoms with Crippen molar-refractivity contribution in [1.29, 1.82) is 0 Å². The molecule has 1 aliphatic rings. The molecule has 1 saturated heterocycles. The lowest BCUT2D eigenvalue weighted by atomic mass is 10.1. The number of amides is 1. The molecule has 0 aliphatic carbocycles. The van der Waals surface area contributed by atoms with Crippen LogP contribution in [0.1, 0.15) is 27.9 Å². The summed E-state index contributed by atoms with van der Waals surface area (Å²) in [5.41, 5.74) is 3.00. The fourth-order valence-electron chi connectivity index (χ4n) is 3.83. The molecule has 2 aromatic carbocycles. The third kappa shape index (κ3) is 5.16. The molecular weight excluding hydrogens is 464 g/mol. The molecule has 0 radical (unpaired) electrons. The predicted octanol–water partition coefficient (Wildman–Crippen LogP) is 4.84. The SMILES string of the molecule is Cc1ccc2sc(N(CCCN3CCOCC3)C(=O)c3cc([N+](=O)[O-])ccc3Cl)nc2c1C. The van der Waals surface area contributed by atoms with Gasteiger partial charge in [0.15, 0.2) is 5.13 Å². The van der Waals surface area contributed by atoms with Crippen molar-refractivity contribution >= 4 is 49.9 Å². The van der Waals surface area contributed by atoms with Gasteiger partial charge < -0.3 is 4.74 Å². The fraction of sp³-hybridized carbons (Fsp3) is 0.391. The van der Waals surface area contributed by atoms with Gasteiger partial charge in [0.05, 0.1) is 38.9 Å². The minimum absolute atomic E-state index is 0.101. The van der Waals surface area contributed by atoms with Crippen molar-refractivity contribution in [2.45, 2.75) is 20.3 Å². The van der Waals surface area contributed by atoms with Gasteiger partial charge in [-0.2, -0.15) is 0 Å². The summed E-state index contributed by atoms with van der Waals surface area (Å²) in [6.07, 6.45) is 0.728. The van der Waals surface area contributed by atoms with Crippen LogP contribution < -0.4 is 4.90 Å². The molecule has 1 aromatic heterocycles. The molecular formula is C23H25ClN4O4S. The topological polar surface area (TPSA) is 88.8 Å². The minimum Gasteiger partial charge on any atom is -0.379 e. The number of carbonyl (C=O) groups excluding carboxylic acids is 1. The van der Waals surface area contributed by atoms with E-state index in [4.69, 9.17) is 21.3 Å². The van der Waals surface area contributed by atoms with Crippen LogP contribution in [0.3, 0.4) is 0 Å². The molecule has 0 atom stereocenters. The number of rotatable bonds is 7. The van der Waals surface area contributed by atoms with Crippen LogP contribution in [0.25, 0.3) is 10.2 Å². The van der Waals surface area contributed by atoms with Gasteiger partial charge in [-0.1, -0.05) is 29.0 Å². The number of nitro benzene ring substituents is 1. The van der Waals surface area contributed by atoms with Gasteiger partial charge in [-0.3, -0.25) is 24.7 Å². The number of halogens is 1. The lowest BCUT2D eigenvalue weighted by Crippen LogP contribution is -2.39. The molecule has 3 aromatic rings. The Morgan fingerprint density at radius 2 is 2.03 bits per heavy atom. The van der Waals surface area contributed by atoms with Crippen molar-refractivity contribution in [3.05, 3.63) is 62.2 Å². The number of ether oxygens (including phenoxy) is 1. The standard InChI is InChI=1S/C23H25ClN4O4S/c1-15-4-7-20-21(16(15)2)25-23(33-20)27(9-3-8-26-10-12-32-13-11-26)22(29)18-14-17(28(30)31)5-6-19(18)24/h4-7,14H,3,8-13H2,1-2H3. The zero-order chi connectivity index (χ0) is 23.5. The molecule has 2 heterocycles. The maximum absolute atomic E-state index is 13.6. The average molecular weight is 489 g/mol. The quantitative estimate of drug-likeness (QED) is 0.349. The summed E-state index contributed by atoms with van der Waals surface area (Å²) in [7, 11) is 0. The van der Waals surface area contributed by atoms with E-state index in [0.29, 0.717) is 24.9 Å². The van der Waals surface area contributed by atoms with Gasteiger partial charge in [-0.25, -0.2) is 4.98 Å².